The SMILES string of the molecule is NC(=O)c1c[c]cc2c1NC(C1=C(O)[C@@H]3[C@H]4CC[C@H](C4)[C@@H]3N(Cc3ccc(F)cc3)C1=O)=NS2(=O)=O. The molecule has 2 aliphatic heterocycles. The number of amides is 2. The van der Waals surface area contributed by atoms with Crippen LogP contribution in [0.4, 0.5) is 10.1 Å². The minimum Gasteiger partial charge on any atom is -0.511 e. The smallest absolute Gasteiger partial charge is 0.286 e. The number of halogens is 1. The molecule has 2 saturated carbocycles. The molecule has 2 amide bonds. The van der Waals surface area contributed by atoms with Crippen LogP contribution < -0.4 is 11.1 Å². The Morgan fingerprint density at radius 3 is 2.67 bits per heavy atom. The van der Waals surface area contributed by atoms with Crippen molar-refractivity contribution in [3.05, 3.63) is 70.7 Å². The molecule has 0 aromatic heterocycles. The molecule has 1 radical (unpaired) electrons. The number of amidine groups is 1. The highest BCUT2D eigenvalue weighted by molar-refractivity contribution is 7.90. The zero-order valence-corrected chi connectivity index (χ0v) is 19.8. The van der Waals surface area contributed by atoms with E-state index in [0.29, 0.717) is 5.56 Å². The highest BCUT2D eigenvalue weighted by Crippen LogP contribution is 2.55. The average Bonchev–Trinajstić information content (AvgIpc) is 3.45. The molecule has 11 heteroatoms. The molecule has 4 atom stereocenters. The van der Waals surface area contributed by atoms with Crippen LogP contribution in [0.3, 0.4) is 0 Å². The highest BCUT2D eigenvalue weighted by atomic mass is 32.2. The lowest BCUT2D eigenvalue weighted by Crippen LogP contribution is -2.53. The fraction of sp³-hybridized carbons (Fsp3) is 0.320. The molecule has 2 aromatic carbocycles. The van der Waals surface area contributed by atoms with Crippen molar-refractivity contribution in [2.75, 3.05) is 5.32 Å². The molecule has 2 heterocycles. The second-order valence-corrected chi connectivity index (χ2v) is 11.3. The number of fused-ring (bicyclic) bond motifs is 6. The third-order valence-electron chi connectivity index (χ3n) is 7.74. The molecule has 4 aliphatic rings. The van der Waals surface area contributed by atoms with Crippen LogP contribution in [0.2, 0.25) is 0 Å². The predicted octanol–water partition coefficient (Wildman–Crippen LogP) is 2.51. The van der Waals surface area contributed by atoms with E-state index in [-0.39, 0.29) is 63.7 Å². The van der Waals surface area contributed by atoms with Crippen molar-refractivity contribution in [3.63, 3.8) is 0 Å². The summed E-state index contributed by atoms with van der Waals surface area (Å²) in [5.74, 6) is -2.44. The zero-order chi connectivity index (χ0) is 25.4. The van der Waals surface area contributed by atoms with Crippen molar-refractivity contribution in [1.82, 2.24) is 4.90 Å². The fourth-order valence-electron chi connectivity index (χ4n) is 6.26. The van der Waals surface area contributed by atoms with Crippen LogP contribution in [0.5, 0.6) is 0 Å². The third-order valence-corrected chi connectivity index (χ3v) is 9.04. The number of nitrogens with two attached hydrogens (primary N) is 1. The number of hydrogen-bond acceptors (Lipinski definition) is 6. The van der Waals surface area contributed by atoms with Crippen LogP contribution >= 0.6 is 0 Å². The molecule has 2 bridgehead atoms. The molecule has 36 heavy (non-hydrogen) atoms. The van der Waals surface area contributed by atoms with Crippen molar-refractivity contribution in [3.8, 4) is 0 Å². The summed E-state index contributed by atoms with van der Waals surface area (Å²) in [5, 5.41) is 14.2. The van der Waals surface area contributed by atoms with Gasteiger partial charge in [-0.25, -0.2) is 4.39 Å². The summed E-state index contributed by atoms with van der Waals surface area (Å²) in [6.07, 6.45) is 2.67. The van der Waals surface area contributed by atoms with Gasteiger partial charge in [-0.1, -0.05) is 12.1 Å². The molecular formula is C25H22FN4O5S. The highest BCUT2D eigenvalue weighted by Gasteiger charge is 2.57. The number of nitrogens with zero attached hydrogens (tertiary/aromatic N) is 2. The summed E-state index contributed by atoms with van der Waals surface area (Å²) >= 11 is 0. The van der Waals surface area contributed by atoms with Gasteiger partial charge in [-0.15, -0.1) is 4.40 Å². The van der Waals surface area contributed by atoms with E-state index >= 15 is 0 Å². The molecule has 4 N–H and O–H groups in total. The van der Waals surface area contributed by atoms with E-state index in [0.717, 1.165) is 25.3 Å². The number of aliphatic hydroxyl groups is 1. The number of anilines is 1. The molecule has 0 unspecified atom stereocenters. The number of carbonyl (C=O) groups excluding carboxylic acids is 2. The first kappa shape index (κ1) is 22.7. The molecule has 9 nitrogen and oxygen atoms in total. The zero-order valence-electron chi connectivity index (χ0n) is 18.9. The van der Waals surface area contributed by atoms with Crippen LogP contribution in [0.1, 0.15) is 35.2 Å². The normalized spacial score (nSPS) is 27.9. The van der Waals surface area contributed by atoms with Gasteiger partial charge in [0.05, 0.1) is 11.3 Å². The number of primary amides is 1. The first-order valence-corrected chi connectivity index (χ1v) is 13.0. The van der Waals surface area contributed by atoms with Crippen LogP contribution in [0, 0.1) is 29.6 Å². The summed E-state index contributed by atoms with van der Waals surface area (Å²) in [6.45, 7) is 0.165. The summed E-state index contributed by atoms with van der Waals surface area (Å²) in [5.41, 5.74) is 5.65. The lowest BCUT2D eigenvalue weighted by molar-refractivity contribution is -0.134. The topological polar surface area (TPSA) is 142 Å². The van der Waals surface area contributed by atoms with E-state index in [1.807, 2.05) is 0 Å². The maximum absolute atomic E-state index is 13.9. The van der Waals surface area contributed by atoms with E-state index < -0.39 is 27.7 Å². The lowest BCUT2D eigenvalue weighted by atomic mass is 9.77. The Hall–Kier alpha value is -3.73. The monoisotopic (exact) mass is 509 g/mol. The van der Waals surface area contributed by atoms with Gasteiger partial charge >= 0.3 is 0 Å². The largest absolute Gasteiger partial charge is 0.511 e. The molecule has 2 aromatic rings. The number of rotatable bonds is 4. The van der Waals surface area contributed by atoms with Crippen LogP contribution in [-0.4, -0.2) is 42.1 Å². The standard InChI is InChI=1S/C25H22FN4O5S/c26-15-8-4-12(5-9-15)11-30-21-14-7-6-13(10-14)18(21)22(31)19(25(30)33)24-28-20-16(23(27)32)2-1-3-17(20)36(34,35)29-24/h2-5,8-9,13-14,18,21,31H,6-7,10-11H2,(H2,27,32)(H,28,29)/t13-,14+,18+,21-/m0/s1. The Kier molecular flexibility index (Phi) is 4.98. The molecule has 2 fully saturated rings. The first-order chi connectivity index (χ1) is 17.2. The van der Waals surface area contributed by atoms with Crippen molar-refractivity contribution in [2.45, 2.75) is 36.7 Å². The van der Waals surface area contributed by atoms with Crippen molar-refractivity contribution in [2.24, 2.45) is 27.9 Å². The summed E-state index contributed by atoms with van der Waals surface area (Å²) in [6, 6.07) is 10.5. The lowest BCUT2D eigenvalue weighted by Gasteiger charge is -2.44. The van der Waals surface area contributed by atoms with E-state index in [1.165, 1.54) is 18.2 Å². The number of hydrogen-bond donors (Lipinski definition) is 3. The quantitative estimate of drug-likeness (QED) is 0.578. The van der Waals surface area contributed by atoms with Crippen LogP contribution in [0.25, 0.3) is 0 Å². The van der Waals surface area contributed by atoms with Gasteiger partial charge in [-0.05, 0) is 67.0 Å². The number of carbonyl (C=O) groups is 2. The van der Waals surface area contributed by atoms with Gasteiger partial charge < -0.3 is 21.1 Å². The summed E-state index contributed by atoms with van der Waals surface area (Å²) in [7, 11) is -4.33. The first-order valence-electron chi connectivity index (χ1n) is 11.6. The summed E-state index contributed by atoms with van der Waals surface area (Å²) in [4.78, 5) is 27.2. The minimum absolute atomic E-state index is 0.112. The van der Waals surface area contributed by atoms with Gasteiger partial charge in [0.15, 0.2) is 5.84 Å². The Balaban J connectivity index is 1.47. The maximum atomic E-state index is 13.9. The Labute approximate surface area is 206 Å². The second kappa shape index (κ2) is 7.89. The predicted molar refractivity (Wildman–Crippen MR) is 127 cm³/mol. The molecule has 6 rings (SSSR count). The average molecular weight is 510 g/mol. The Morgan fingerprint density at radius 2 is 1.94 bits per heavy atom. The third kappa shape index (κ3) is 3.33. The molecule has 0 spiro atoms. The number of benzene rings is 2. The van der Waals surface area contributed by atoms with Gasteiger partial charge in [0.1, 0.15) is 22.0 Å². The van der Waals surface area contributed by atoms with Crippen molar-refractivity contribution in [1.29, 1.82) is 0 Å². The van der Waals surface area contributed by atoms with E-state index in [9.17, 15) is 27.5 Å². The van der Waals surface area contributed by atoms with Crippen molar-refractivity contribution < 1.29 is 27.5 Å². The minimum atomic E-state index is -4.33. The summed E-state index contributed by atoms with van der Waals surface area (Å²) < 4.78 is 43.3. The van der Waals surface area contributed by atoms with Gasteiger partial charge in [0, 0.05) is 18.5 Å². The van der Waals surface area contributed by atoms with Crippen LogP contribution in [-0.2, 0) is 21.4 Å². The maximum Gasteiger partial charge on any atom is 0.286 e. The molecule has 0 saturated heterocycles. The van der Waals surface area contributed by atoms with E-state index in [2.05, 4.69) is 15.8 Å². The number of sulfonamides is 1. The van der Waals surface area contributed by atoms with E-state index in [1.54, 1.807) is 17.0 Å². The van der Waals surface area contributed by atoms with Gasteiger partial charge in [0.2, 0.25) is 0 Å². The van der Waals surface area contributed by atoms with Gasteiger partial charge in [-0.3, -0.25) is 9.59 Å². The number of nitrogens with one attached hydrogen (secondary N) is 1. The molecule has 185 valence electrons. The number of aliphatic hydroxyl groups excluding tert-OH is 1. The van der Waals surface area contributed by atoms with Gasteiger partial charge in [-0.2, -0.15) is 8.42 Å². The second-order valence-electron chi connectivity index (χ2n) is 9.68. The van der Waals surface area contributed by atoms with Crippen LogP contribution in [0.15, 0.2) is 57.0 Å². The van der Waals surface area contributed by atoms with Crippen molar-refractivity contribution >= 4 is 33.4 Å². The Bertz CT molecular complexity index is 1480. The molecular weight excluding hydrogens is 487 g/mol. The van der Waals surface area contributed by atoms with Gasteiger partial charge in [0.25, 0.3) is 21.8 Å². The van der Waals surface area contributed by atoms with E-state index in [4.69, 9.17) is 5.73 Å². The molecule has 2 aliphatic carbocycles. The Morgan fingerprint density at radius 1 is 1.22 bits per heavy atom. The fourth-order valence-corrected chi connectivity index (χ4v) is 7.37.